The minimum Gasteiger partial charge on any atom is -0.329 e. The van der Waals surface area contributed by atoms with Gasteiger partial charge in [0, 0.05) is 16.3 Å². The summed E-state index contributed by atoms with van der Waals surface area (Å²) in [5, 5.41) is 0.246. The second-order valence-corrected chi connectivity index (χ2v) is 6.86. The van der Waals surface area contributed by atoms with Gasteiger partial charge in [0.1, 0.15) is 0 Å². The summed E-state index contributed by atoms with van der Waals surface area (Å²) >= 11 is 1.85. The van der Waals surface area contributed by atoms with Crippen molar-refractivity contribution >= 4 is 29.2 Å². The van der Waals surface area contributed by atoms with Crippen molar-refractivity contribution in [1.29, 1.82) is 0 Å². The zero-order valence-electron chi connectivity index (χ0n) is 13.8. The van der Waals surface area contributed by atoms with Crippen molar-refractivity contribution in [3.8, 4) is 0 Å². The second-order valence-electron chi connectivity index (χ2n) is 5.50. The largest absolute Gasteiger partial charge is 0.329 e. The van der Waals surface area contributed by atoms with Gasteiger partial charge in [-0.1, -0.05) is 67.3 Å². The lowest BCUT2D eigenvalue weighted by Gasteiger charge is -2.31. The van der Waals surface area contributed by atoms with Gasteiger partial charge in [-0.05, 0) is 42.8 Å². The molecule has 0 fully saturated rings. The van der Waals surface area contributed by atoms with E-state index in [1.807, 2.05) is 17.8 Å². The van der Waals surface area contributed by atoms with Crippen LogP contribution in [0, 0.1) is 0 Å². The van der Waals surface area contributed by atoms with Crippen LogP contribution in [0.2, 0.25) is 0 Å². The van der Waals surface area contributed by atoms with Gasteiger partial charge in [0.15, 0.2) is 0 Å². The molecule has 2 heteroatoms. The Balaban J connectivity index is 1.95. The maximum absolute atomic E-state index is 3.93. The second kappa shape index (κ2) is 7.89. The molecule has 120 valence electrons. The van der Waals surface area contributed by atoms with Gasteiger partial charge >= 0.3 is 0 Å². The van der Waals surface area contributed by atoms with Gasteiger partial charge in [0.05, 0.1) is 5.37 Å². The van der Waals surface area contributed by atoms with E-state index in [0.29, 0.717) is 0 Å². The Labute approximate surface area is 148 Å². The standard InChI is InChI=1S/C22H21NS/c1-3-19-12-10-11-17-22(19)24-18(2)23(20-13-6-4-7-14-20)21-15-8-5-9-16-21/h3-18H,1H2,2H3. The summed E-state index contributed by atoms with van der Waals surface area (Å²) in [4.78, 5) is 3.61. The summed E-state index contributed by atoms with van der Waals surface area (Å²) in [5.74, 6) is 0. The lowest BCUT2D eigenvalue weighted by molar-refractivity contribution is 0.956. The summed E-state index contributed by atoms with van der Waals surface area (Å²) in [5.41, 5.74) is 3.56. The fraction of sp³-hybridized carbons (Fsp3) is 0.0909. The molecule has 0 aliphatic heterocycles. The van der Waals surface area contributed by atoms with E-state index >= 15 is 0 Å². The third-order valence-corrected chi connectivity index (χ3v) is 5.05. The SMILES string of the molecule is C=Cc1ccccc1SC(C)N(c1ccccc1)c1ccccc1. The van der Waals surface area contributed by atoms with Crippen LogP contribution in [0.15, 0.2) is 96.4 Å². The fourth-order valence-electron chi connectivity index (χ4n) is 2.74. The molecule has 3 rings (SSSR count). The maximum atomic E-state index is 3.93. The molecule has 0 saturated heterocycles. The number of thioether (sulfide) groups is 1. The minimum atomic E-state index is 0.246. The van der Waals surface area contributed by atoms with Crippen LogP contribution in [0.25, 0.3) is 6.08 Å². The third kappa shape index (κ3) is 3.72. The normalized spacial score (nSPS) is 11.7. The van der Waals surface area contributed by atoms with E-state index in [1.165, 1.54) is 21.8 Å². The number of rotatable bonds is 6. The molecular formula is C22H21NS. The molecule has 0 heterocycles. The molecule has 3 aromatic rings. The Morgan fingerprint density at radius 3 is 1.83 bits per heavy atom. The van der Waals surface area contributed by atoms with E-state index in [4.69, 9.17) is 0 Å². The van der Waals surface area contributed by atoms with Crippen molar-refractivity contribution < 1.29 is 0 Å². The zero-order valence-corrected chi connectivity index (χ0v) is 14.6. The molecular weight excluding hydrogens is 310 g/mol. The molecule has 24 heavy (non-hydrogen) atoms. The molecule has 0 radical (unpaired) electrons. The highest BCUT2D eigenvalue weighted by molar-refractivity contribution is 8.00. The number of para-hydroxylation sites is 2. The van der Waals surface area contributed by atoms with Gasteiger partial charge in [-0.3, -0.25) is 0 Å². The molecule has 0 aliphatic carbocycles. The predicted molar refractivity (Wildman–Crippen MR) is 107 cm³/mol. The summed E-state index contributed by atoms with van der Waals surface area (Å²) in [7, 11) is 0. The van der Waals surface area contributed by atoms with E-state index in [2.05, 4.69) is 103 Å². The molecule has 3 aromatic carbocycles. The number of anilines is 2. The van der Waals surface area contributed by atoms with Crippen molar-refractivity contribution in [1.82, 2.24) is 0 Å². The summed E-state index contributed by atoms with van der Waals surface area (Å²) in [6.07, 6.45) is 1.92. The van der Waals surface area contributed by atoms with Crippen LogP contribution in [0.4, 0.5) is 11.4 Å². The van der Waals surface area contributed by atoms with Crippen LogP contribution in [0.3, 0.4) is 0 Å². The highest BCUT2D eigenvalue weighted by Crippen LogP contribution is 2.36. The van der Waals surface area contributed by atoms with Crippen LogP contribution in [0.5, 0.6) is 0 Å². The van der Waals surface area contributed by atoms with E-state index < -0.39 is 0 Å². The summed E-state index contributed by atoms with van der Waals surface area (Å²) in [6, 6.07) is 29.5. The molecule has 1 nitrogen and oxygen atoms in total. The average Bonchev–Trinajstić information content (AvgIpc) is 2.64. The number of hydrogen-bond donors (Lipinski definition) is 0. The predicted octanol–water partition coefficient (Wildman–Crippen LogP) is 6.61. The van der Waals surface area contributed by atoms with Gasteiger partial charge in [-0.25, -0.2) is 0 Å². The van der Waals surface area contributed by atoms with Crippen molar-refractivity contribution in [3.05, 3.63) is 97.1 Å². The van der Waals surface area contributed by atoms with Gasteiger partial charge in [0.2, 0.25) is 0 Å². The van der Waals surface area contributed by atoms with Crippen molar-refractivity contribution in [2.45, 2.75) is 17.2 Å². The van der Waals surface area contributed by atoms with E-state index in [1.54, 1.807) is 0 Å². The monoisotopic (exact) mass is 331 g/mol. The first-order valence-electron chi connectivity index (χ1n) is 8.07. The van der Waals surface area contributed by atoms with Crippen LogP contribution in [-0.4, -0.2) is 5.37 Å². The highest BCUT2D eigenvalue weighted by atomic mass is 32.2. The van der Waals surface area contributed by atoms with Crippen LogP contribution in [-0.2, 0) is 0 Å². The lowest BCUT2D eigenvalue weighted by atomic mass is 10.2. The Morgan fingerprint density at radius 1 is 0.792 bits per heavy atom. The smallest absolute Gasteiger partial charge is 0.0817 e. The summed E-state index contributed by atoms with van der Waals surface area (Å²) in [6.45, 7) is 6.17. The average molecular weight is 331 g/mol. The molecule has 1 unspecified atom stereocenters. The van der Waals surface area contributed by atoms with Crippen molar-refractivity contribution in [2.75, 3.05) is 4.90 Å². The van der Waals surface area contributed by atoms with Crippen LogP contribution < -0.4 is 4.90 Å². The van der Waals surface area contributed by atoms with E-state index in [-0.39, 0.29) is 5.37 Å². The fourth-order valence-corrected chi connectivity index (χ4v) is 3.90. The van der Waals surface area contributed by atoms with Crippen LogP contribution >= 0.6 is 11.8 Å². The molecule has 0 N–H and O–H groups in total. The number of nitrogens with zero attached hydrogens (tertiary/aromatic N) is 1. The Kier molecular flexibility index (Phi) is 5.39. The Hall–Kier alpha value is -2.45. The first kappa shape index (κ1) is 16.4. The first-order chi connectivity index (χ1) is 11.8. The van der Waals surface area contributed by atoms with Gasteiger partial charge in [-0.15, -0.1) is 11.8 Å². The molecule has 0 bridgehead atoms. The molecule has 0 saturated carbocycles. The van der Waals surface area contributed by atoms with E-state index in [9.17, 15) is 0 Å². The van der Waals surface area contributed by atoms with Gasteiger partial charge in [-0.2, -0.15) is 0 Å². The van der Waals surface area contributed by atoms with Crippen LogP contribution in [0.1, 0.15) is 12.5 Å². The highest BCUT2D eigenvalue weighted by Gasteiger charge is 2.18. The lowest BCUT2D eigenvalue weighted by Crippen LogP contribution is -2.25. The number of benzene rings is 3. The molecule has 0 spiro atoms. The molecule has 0 amide bonds. The molecule has 1 atom stereocenters. The first-order valence-corrected chi connectivity index (χ1v) is 8.95. The molecule has 0 aromatic heterocycles. The topological polar surface area (TPSA) is 3.24 Å². The van der Waals surface area contributed by atoms with Crippen molar-refractivity contribution in [2.24, 2.45) is 0 Å². The van der Waals surface area contributed by atoms with E-state index in [0.717, 1.165) is 0 Å². The minimum absolute atomic E-state index is 0.246. The van der Waals surface area contributed by atoms with Gasteiger partial charge in [0.25, 0.3) is 0 Å². The Bertz CT molecular complexity index is 744. The van der Waals surface area contributed by atoms with Gasteiger partial charge < -0.3 is 4.90 Å². The summed E-state index contributed by atoms with van der Waals surface area (Å²) < 4.78 is 0. The zero-order chi connectivity index (χ0) is 16.8. The quantitative estimate of drug-likeness (QED) is 0.369. The van der Waals surface area contributed by atoms with Crippen molar-refractivity contribution in [3.63, 3.8) is 0 Å². The Morgan fingerprint density at radius 2 is 1.29 bits per heavy atom. The molecule has 0 aliphatic rings. The number of hydrogen-bond acceptors (Lipinski definition) is 2. The maximum Gasteiger partial charge on any atom is 0.0817 e. The third-order valence-electron chi connectivity index (χ3n) is 3.87.